The van der Waals surface area contributed by atoms with Gasteiger partial charge in [-0.15, -0.1) is 0 Å². The summed E-state index contributed by atoms with van der Waals surface area (Å²) in [5, 5.41) is 0. The number of unbranched alkanes of at least 4 members (excludes halogenated alkanes) is 1. The molecule has 29 heavy (non-hydrogen) atoms. The van der Waals surface area contributed by atoms with Gasteiger partial charge in [0.1, 0.15) is 6.54 Å². The molecule has 2 amide bonds. The van der Waals surface area contributed by atoms with E-state index < -0.39 is 0 Å². The van der Waals surface area contributed by atoms with Crippen molar-refractivity contribution in [2.45, 2.75) is 26.3 Å². The SMILES string of the molecule is CCCCN(CC(=O)N(CCOC)Cc1cccn1C)C(=O)c1ccc(Br)cc1. The number of benzene rings is 1. The topological polar surface area (TPSA) is 54.8 Å². The predicted molar refractivity (Wildman–Crippen MR) is 118 cm³/mol. The van der Waals surface area contributed by atoms with Gasteiger partial charge in [0, 0.05) is 49.2 Å². The van der Waals surface area contributed by atoms with Gasteiger partial charge < -0.3 is 19.1 Å². The molecule has 0 fully saturated rings. The fourth-order valence-electron chi connectivity index (χ4n) is 2.99. The Bertz CT molecular complexity index is 789. The van der Waals surface area contributed by atoms with Crippen LogP contribution in [0.3, 0.4) is 0 Å². The van der Waals surface area contributed by atoms with Gasteiger partial charge >= 0.3 is 0 Å². The molecule has 0 saturated carbocycles. The van der Waals surface area contributed by atoms with E-state index in [-0.39, 0.29) is 18.4 Å². The van der Waals surface area contributed by atoms with E-state index >= 15 is 0 Å². The fourth-order valence-corrected chi connectivity index (χ4v) is 3.25. The maximum atomic E-state index is 13.1. The average Bonchev–Trinajstić information content (AvgIpc) is 3.12. The van der Waals surface area contributed by atoms with E-state index in [1.807, 2.05) is 42.1 Å². The first-order valence-electron chi connectivity index (χ1n) is 9.88. The third-order valence-electron chi connectivity index (χ3n) is 4.81. The summed E-state index contributed by atoms with van der Waals surface area (Å²) < 4.78 is 8.09. The van der Waals surface area contributed by atoms with Crippen molar-refractivity contribution in [3.05, 3.63) is 58.3 Å². The van der Waals surface area contributed by atoms with Gasteiger partial charge in [0.25, 0.3) is 5.91 Å². The van der Waals surface area contributed by atoms with Crippen molar-refractivity contribution in [2.75, 3.05) is 33.4 Å². The Morgan fingerprint density at radius 3 is 2.41 bits per heavy atom. The minimum absolute atomic E-state index is 0.0586. The van der Waals surface area contributed by atoms with Gasteiger partial charge in [0.05, 0.1) is 13.2 Å². The minimum atomic E-state index is -0.121. The number of methoxy groups -OCH3 is 1. The molecule has 2 rings (SSSR count). The van der Waals surface area contributed by atoms with Crippen LogP contribution < -0.4 is 0 Å². The molecule has 0 unspecified atom stereocenters. The summed E-state index contributed by atoms with van der Waals surface area (Å²) in [6.45, 7) is 4.10. The summed E-state index contributed by atoms with van der Waals surface area (Å²) in [5.41, 5.74) is 1.62. The molecule has 0 spiro atoms. The van der Waals surface area contributed by atoms with Crippen molar-refractivity contribution in [3.8, 4) is 0 Å². The van der Waals surface area contributed by atoms with Gasteiger partial charge in [0.15, 0.2) is 0 Å². The summed E-state index contributed by atoms with van der Waals surface area (Å²) in [5.74, 6) is -0.199. The molecular weight excluding hydrogens is 434 g/mol. The van der Waals surface area contributed by atoms with Gasteiger partial charge in [-0.05, 0) is 42.8 Å². The number of aryl methyl sites for hydroxylation is 1. The van der Waals surface area contributed by atoms with E-state index in [0.717, 1.165) is 23.0 Å². The second kappa shape index (κ2) is 11.8. The van der Waals surface area contributed by atoms with Crippen LogP contribution in [0.4, 0.5) is 0 Å². The van der Waals surface area contributed by atoms with Crippen LogP contribution in [0.15, 0.2) is 47.1 Å². The Balaban J connectivity index is 2.14. The van der Waals surface area contributed by atoms with Crippen LogP contribution in [0.5, 0.6) is 0 Å². The Morgan fingerprint density at radius 2 is 1.83 bits per heavy atom. The number of aromatic nitrogens is 1. The molecule has 0 aliphatic rings. The lowest BCUT2D eigenvalue weighted by molar-refractivity contribution is -0.133. The van der Waals surface area contributed by atoms with Gasteiger partial charge in [-0.2, -0.15) is 0 Å². The highest BCUT2D eigenvalue weighted by Gasteiger charge is 2.22. The number of carbonyl (C=O) groups is 2. The molecule has 0 radical (unpaired) electrons. The highest BCUT2D eigenvalue weighted by Crippen LogP contribution is 2.14. The molecule has 6 nitrogen and oxygen atoms in total. The van der Waals surface area contributed by atoms with Crippen LogP contribution in [0.2, 0.25) is 0 Å². The summed E-state index contributed by atoms with van der Waals surface area (Å²) in [6, 6.07) is 11.2. The summed E-state index contributed by atoms with van der Waals surface area (Å²) in [6.07, 6.45) is 3.76. The van der Waals surface area contributed by atoms with Crippen molar-refractivity contribution in [1.29, 1.82) is 0 Å². The van der Waals surface area contributed by atoms with E-state index in [0.29, 0.717) is 31.8 Å². The zero-order chi connectivity index (χ0) is 21.2. The van der Waals surface area contributed by atoms with Gasteiger partial charge in [-0.25, -0.2) is 0 Å². The number of ether oxygens (including phenoxy) is 1. The molecule has 0 atom stereocenters. The molecule has 1 aromatic heterocycles. The van der Waals surface area contributed by atoms with Gasteiger partial charge in [-0.1, -0.05) is 29.3 Å². The average molecular weight is 464 g/mol. The Labute approximate surface area is 181 Å². The highest BCUT2D eigenvalue weighted by molar-refractivity contribution is 9.10. The predicted octanol–water partition coefficient (Wildman–Crippen LogP) is 3.71. The van der Waals surface area contributed by atoms with Crippen LogP contribution in [0.1, 0.15) is 35.8 Å². The fraction of sp³-hybridized carbons (Fsp3) is 0.455. The largest absolute Gasteiger partial charge is 0.383 e. The number of amides is 2. The van der Waals surface area contributed by atoms with Crippen molar-refractivity contribution >= 4 is 27.7 Å². The summed E-state index contributed by atoms with van der Waals surface area (Å²) in [4.78, 5) is 29.5. The van der Waals surface area contributed by atoms with E-state index in [1.54, 1.807) is 29.0 Å². The molecule has 0 saturated heterocycles. The van der Waals surface area contributed by atoms with E-state index in [9.17, 15) is 9.59 Å². The molecule has 0 bridgehead atoms. The quantitative estimate of drug-likeness (QED) is 0.510. The van der Waals surface area contributed by atoms with E-state index in [2.05, 4.69) is 22.9 Å². The third-order valence-corrected chi connectivity index (χ3v) is 5.34. The molecule has 1 heterocycles. The van der Waals surface area contributed by atoms with Crippen molar-refractivity contribution in [1.82, 2.24) is 14.4 Å². The first-order valence-corrected chi connectivity index (χ1v) is 10.7. The molecule has 2 aromatic rings. The number of carbonyl (C=O) groups excluding carboxylic acids is 2. The highest BCUT2D eigenvalue weighted by atomic mass is 79.9. The van der Waals surface area contributed by atoms with E-state index in [1.165, 1.54) is 0 Å². The van der Waals surface area contributed by atoms with Crippen LogP contribution in [-0.2, 0) is 23.1 Å². The van der Waals surface area contributed by atoms with Crippen molar-refractivity contribution in [2.24, 2.45) is 7.05 Å². The van der Waals surface area contributed by atoms with E-state index in [4.69, 9.17) is 4.74 Å². The van der Waals surface area contributed by atoms with Crippen LogP contribution in [0, 0.1) is 0 Å². The van der Waals surface area contributed by atoms with Crippen LogP contribution >= 0.6 is 15.9 Å². The number of halogens is 1. The smallest absolute Gasteiger partial charge is 0.254 e. The van der Waals surface area contributed by atoms with Crippen LogP contribution in [-0.4, -0.2) is 59.5 Å². The molecule has 0 aliphatic carbocycles. The molecule has 1 aromatic carbocycles. The molecule has 0 aliphatic heterocycles. The lowest BCUT2D eigenvalue weighted by Crippen LogP contribution is -2.44. The zero-order valence-electron chi connectivity index (χ0n) is 17.4. The second-order valence-corrected chi connectivity index (χ2v) is 7.92. The van der Waals surface area contributed by atoms with Gasteiger partial charge in [0.2, 0.25) is 5.91 Å². The standard InChI is InChI=1S/C22H30BrN3O3/c1-4-5-13-26(22(28)18-8-10-19(23)11-9-18)17-21(27)25(14-15-29-3)16-20-7-6-12-24(20)2/h6-12H,4-5,13-17H2,1-3H3. The Kier molecular flexibility index (Phi) is 9.41. The number of rotatable bonds is 11. The minimum Gasteiger partial charge on any atom is -0.383 e. The number of hydrogen-bond donors (Lipinski definition) is 0. The second-order valence-electron chi connectivity index (χ2n) is 7.01. The maximum Gasteiger partial charge on any atom is 0.254 e. The number of hydrogen-bond acceptors (Lipinski definition) is 3. The monoisotopic (exact) mass is 463 g/mol. The Morgan fingerprint density at radius 1 is 1.10 bits per heavy atom. The molecule has 158 valence electrons. The molecular formula is C22H30BrN3O3. The molecule has 0 N–H and O–H groups in total. The summed E-state index contributed by atoms with van der Waals surface area (Å²) >= 11 is 3.39. The Hall–Kier alpha value is -2.12. The lowest BCUT2D eigenvalue weighted by Gasteiger charge is -2.28. The van der Waals surface area contributed by atoms with Crippen molar-refractivity contribution in [3.63, 3.8) is 0 Å². The van der Waals surface area contributed by atoms with Crippen LogP contribution in [0.25, 0.3) is 0 Å². The van der Waals surface area contributed by atoms with Gasteiger partial charge in [-0.3, -0.25) is 9.59 Å². The lowest BCUT2D eigenvalue weighted by atomic mass is 10.2. The maximum absolute atomic E-state index is 13.1. The van der Waals surface area contributed by atoms with Crippen molar-refractivity contribution < 1.29 is 14.3 Å². The molecule has 7 heteroatoms. The first-order chi connectivity index (χ1) is 14.0. The number of nitrogens with zero attached hydrogens (tertiary/aromatic N) is 3. The normalized spacial score (nSPS) is 10.8. The third kappa shape index (κ3) is 7.01. The summed E-state index contributed by atoms with van der Waals surface area (Å²) in [7, 11) is 3.58. The first kappa shape index (κ1) is 23.2. The zero-order valence-corrected chi connectivity index (χ0v) is 19.0.